The number of hydrogen-bond donors (Lipinski definition) is 1. The topological polar surface area (TPSA) is 37.3 Å². The molecule has 4 fully saturated rings. The van der Waals surface area contributed by atoms with E-state index in [1.807, 2.05) is 0 Å². The molecule has 0 heterocycles. The number of aliphatic carboxylic acids is 1. The lowest BCUT2D eigenvalue weighted by Crippen LogP contribution is -2.46. The van der Waals surface area contributed by atoms with Gasteiger partial charge in [0.05, 0.1) is 0 Å². The summed E-state index contributed by atoms with van der Waals surface area (Å²) >= 11 is 0. The Balaban J connectivity index is 1.72. The molecule has 2 heteroatoms. The minimum atomic E-state index is -0.676. The van der Waals surface area contributed by atoms with E-state index in [0.717, 1.165) is 17.8 Å². The molecule has 1 N–H and O–H groups in total. The van der Waals surface area contributed by atoms with Crippen molar-refractivity contribution >= 4 is 5.97 Å². The van der Waals surface area contributed by atoms with Gasteiger partial charge in [0.25, 0.3) is 0 Å². The van der Waals surface area contributed by atoms with Crippen LogP contribution >= 0.6 is 0 Å². The van der Waals surface area contributed by atoms with E-state index in [9.17, 15) is 4.79 Å². The fraction of sp³-hybridized carbons (Fsp3) is 0.812. The zero-order valence-corrected chi connectivity index (χ0v) is 11.3. The fourth-order valence-electron chi connectivity index (χ4n) is 5.22. The highest BCUT2D eigenvalue weighted by Crippen LogP contribution is 2.62. The Morgan fingerprint density at radius 2 is 1.67 bits per heavy atom. The molecule has 100 valence electrons. The van der Waals surface area contributed by atoms with E-state index in [2.05, 4.69) is 13.0 Å². The van der Waals surface area contributed by atoms with Crippen molar-refractivity contribution in [3.8, 4) is 0 Å². The first-order valence-corrected chi connectivity index (χ1v) is 7.46. The van der Waals surface area contributed by atoms with Crippen molar-refractivity contribution in [2.75, 3.05) is 0 Å². The average Bonchev–Trinajstić information content (AvgIpc) is 2.26. The summed E-state index contributed by atoms with van der Waals surface area (Å²) in [6.45, 7) is 2.26. The van der Waals surface area contributed by atoms with Gasteiger partial charge in [0.1, 0.15) is 0 Å². The summed E-state index contributed by atoms with van der Waals surface area (Å²) in [5.41, 5.74) is 1.97. The fourth-order valence-corrected chi connectivity index (χ4v) is 5.22. The van der Waals surface area contributed by atoms with Crippen molar-refractivity contribution < 1.29 is 9.90 Å². The number of carboxylic acid groups (broad SMARTS) is 1. The van der Waals surface area contributed by atoms with Gasteiger partial charge in [-0.15, -0.1) is 0 Å². The molecule has 4 saturated carbocycles. The van der Waals surface area contributed by atoms with Crippen LogP contribution in [0.3, 0.4) is 0 Å². The van der Waals surface area contributed by atoms with E-state index >= 15 is 0 Å². The van der Waals surface area contributed by atoms with Gasteiger partial charge in [0.15, 0.2) is 0 Å². The van der Waals surface area contributed by atoms with Crippen LogP contribution in [0.15, 0.2) is 11.6 Å². The summed E-state index contributed by atoms with van der Waals surface area (Å²) < 4.78 is 0. The lowest BCUT2D eigenvalue weighted by molar-refractivity contribution is -0.136. The second-order valence-corrected chi connectivity index (χ2v) is 7.02. The van der Waals surface area contributed by atoms with Crippen molar-refractivity contribution in [2.24, 2.45) is 23.2 Å². The summed E-state index contributed by atoms with van der Waals surface area (Å²) in [6, 6.07) is 0. The molecule has 4 bridgehead atoms. The molecule has 4 aliphatic rings. The Morgan fingerprint density at radius 1 is 1.17 bits per heavy atom. The zero-order chi connectivity index (χ0) is 12.8. The highest BCUT2D eigenvalue weighted by atomic mass is 16.4. The highest BCUT2D eigenvalue weighted by molar-refractivity contribution is 5.66. The number of hydrogen-bond acceptors (Lipinski definition) is 1. The Kier molecular flexibility index (Phi) is 2.99. The molecule has 0 saturated heterocycles. The normalized spacial score (nSPS) is 42.3. The van der Waals surface area contributed by atoms with Gasteiger partial charge in [-0.3, -0.25) is 4.79 Å². The summed E-state index contributed by atoms with van der Waals surface area (Å²) in [4.78, 5) is 10.6. The molecule has 0 aromatic rings. The van der Waals surface area contributed by atoms with E-state index in [-0.39, 0.29) is 6.42 Å². The molecule has 4 aliphatic carbocycles. The van der Waals surface area contributed by atoms with Gasteiger partial charge in [0, 0.05) is 6.42 Å². The van der Waals surface area contributed by atoms with Gasteiger partial charge in [-0.1, -0.05) is 11.6 Å². The average molecular weight is 248 g/mol. The van der Waals surface area contributed by atoms with E-state index in [1.165, 1.54) is 44.1 Å². The van der Waals surface area contributed by atoms with Crippen LogP contribution in [-0.2, 0) is 4.79 Å². The third kappa shape index (κ3) is 2.10. The first kappa shape index (κ1) is 12.3. The first-order valence-electron chi connectivity index (χ1n) is 7.46. The van der Waals surface area contributed by atoms with Crippen LogP contribution in [0.4, 0.5) is 0 Å². The first-order chi connectivity index (χ1) is 8.57. The number of allylic oxidation sites excluding steroid dienone is 2. The Bertz CT molecular complexity index is 345. The monoisotopic (exact) mass is 248 g/mol. The maximum atomic E-state index is 10.6. The van der Waals surface area contributed by atoms with Crippen LogP contribution in [0, 0.1) is 23.2 Å². The molecule has 0 spiro atoms. The molecule has 0 aromatic heterocycles. The third-order valence-corrected chi connectivity index (χ3v) is 5.68. The molecule has 0 aromatic carbocycles. The van der Waals surface area contributed by atoms with Crippen LogP contribution in [0.25, 0.3) is 0 Å². The predicted octanol–water partition coefficient (Wildman–Crippen LogP) is 4.01. The van der Waals surface area contributed by atoms with Crippen LogP contribution < -0.4 is 0 Å². The van der Waals surface area contributed by atoms with Gasteiger partial charge >= 0.3 is 5.97 Å². The van der Waals surface area contributed by atoms with Gasteiger partial charge < -0.3 is 5.11 Å². The lowest BCUT2D eigenvalue weighted by Gasteiger charge is -2.57. The van der Waals surface area contributed by atoms with Gasteiger partial charge in [0.2, 0.25) is 0 Å². The van der Waals surface area contributed by atoms with Crippen LogP contribution in [0.5, 0.6) is 0 Å². The Hall–Kier alpha value is -0.790. The molecule has 4 rings (SSSR count). The Morgan fingerprint density at radius 3 is 2.11 bits per heavy atom. The summed E-state index contributed by atoms with van der Waals surface area (Å²) in [5, 5.41) is 8.73. The summed E-state index contributed by atoms with van der Waals surface area (Å²) in [7, 11) is 0. The molecular formula is C16H24O2. The maximum absolute atomic E-state index is 10.6. The third-order valence-electron chi connectivity index (χ3n) is 5.68. The number of carboxylic acids is 1. The van der Waals surface area contributed by atoms with Gasteiger partial charge in [-0.05, 0) is 75.0 Å². The van der Waals surface area contributed by atoms with Crippen LogP contribution in [-0.4, -0.2) is 11.1 Å². The Labute approximate surface area is 109 Å². The van der Waals surface area contributed by atoms with E-state index in [1.54, 1.807) is 0 Å². The molecule has 18 heavy (non-hydrogen) atoms. The minimum Gasteiger partial charge on any atom is -0.481 e. The number of carbonyl (C=O) groups is 1. The van der Waals surface area contributed by atoms with Crippen molar-refractivity contribution in [2.45, 2.75) is 58.3 Å². The molecular weight excluding hydrogens is 224 g/mol. The smallest absolute Gasteiger partial charge is 0.303 e. The molecule has 0 amide bonds. The molecule has 0 atom stereocenters. The summed E-state index contributed by atoms with van der Waals surface area (Å²) in [6.07, 6.45) is 11.8. The van der Waals surface area contributed by atoms with E-state index in [4.69, 9.17) is 5.11 Å². The maximum Gasteiger partial charge on any atom is 0.303 e. The van der Waals surface area contributed by atoms with Crippen LogP contribution in [0.1, 0.15) is 58.3 Å². The zero-order valence-electron chi connectivity index (χ0n) is 11.3. The standard InChI is InChI=1S/C16H24O2/c1-11(3-2-4-15(17)18)16-8-12-5-13(9-16)7-14(6-12)10-16/h3,12-14H,2,4-10H2,1H3,(H,17,18)/b11-3+. The molecule has 2 nitrogen and oxygen atoms in total. The quantitative estimate of drug-likeness (QED) is 0.763. The van der Waals surface area contributed by atoms with Gasteiger partial charge in [-0.2, -0.15) is 0 Å². The SMILES string of the molecule is C/C(=C\CCC(=O)O)C12CC3CC(CC(C3)C1)C2. The molecule has 0 radical (unpaired) electrons. The second kappa shape index (κ2) is 4.40. The van der Waals surface area contributed by atoms with Crippen molar-refractivity contribution in [3.05, 3.63) is 11.6 Å². The van der Waals surface area contributed by atoms with Crippen LogP contribution in [0.2, 0.25) is 0 Å². The van der Waals surface area contributed by atoms with E-state index < -0.39 is 5.97 Å². The van der Waals surface area contributed by atoms with E-state index in [0.29, 0.717) is 11.8 Å². The highest BCUT2D eigenvalue weighted by Gasteiger charge is 2.51. The summed E-state index contributed by atoms with van der Waals surface area (Å²) in [5.74, 6) is 2.24. The lowest BCUT2D eigenvalue weighted by atomic mass is 9.48. The number of rotatable bonds is 4. The van der Waals surface area contributed by atoms with Crippen molar-refractivity contribution in [1.29, 1.82) is 0 Å². The minimum absolute atomic E-state index is 0.281. The predicted molar refractivity (Wildman–Crippen MR) is 71.2 cm³/mol. The molecule has 0 unspecified atom stereocenters. The largest absolute Gasteiger partial charge is 0.481 e. The van der Waals surface area contributed by atoms with Crippen molar-refractivity contribution in [3.63, 3.8) is 0 Å². The molecule has 0 aliphatic heterocycles. The van der Waals surface area contributed by atoms with Gasteiger partial charge in [-0.25, -0.2) is 0 Å². The second-order valence-electron chi connectivity index (χ2n) is 7.02. The van der Waals surface area contributed by atoms with Crippen molar-refractivity contribution in [1.82, 2.24) is 0 Å².